The van der Waals surface area contributed by atoms with Crippen molar-refractivity contribution in [3.63, 3.8) is 0 Å². The zero-order valence-corrected chi connectivity index (χ0v) is 26.7. The molecule has 0 aromatic heterocycles. The van der Waals surface area contributed by atoms with Gasteiger partial charge in [-0.3, -0.25) is 14.5 Å². The van der Waals surface area contributed by atoms with Crippen LogP contribution in [0.15, 0.2) is 101 Å². The molecule has 0 radical (unpaired) electrons. The summed E-state index contributed by atoms with van der Waals surface area (Å²) in [6.07, 6.45) is -0.748. The Labute approximate surface area is 265 Å². The van der Waals surface area contributed by atoms with Crippen LogP contribution >= 0.6 is 23.9 Å². The number of rotatable bonds is 11. The first-order valence-corrected chi connectivity index (χ1v) is 16.9. The van der Waals surface area contributed by atoms with Gasteiger partial charge in [0, 0.05) is 37.4 Å². The summed E-state index contributed by atoms with van der Waals surface area (Å²) in [6, 6.07) is 24.2. The second-order valence-corrected chi connectivity index (χ2v) is 14.4. The molecule has 0 aliphatic carbocycles. The lowest BCUT2D eigenvalue weighted by Gasteiger charge is -2.49. The van der Waals surface area contributed by atoms with Crippen LogP contribution in [-0.2, 0) is 33.9 Å². The first-order chi connectivity index (χ1) is 21.1. The van der Waals surface area contributed by atoms with Gasteiger partial charge in [-0.1, -0.05) is 78.4 Å². The summed E-state index contributed by atoms with van der Waals surface area (Å²) in [5.74, 6) is -1.38. The Bertz CT molecular complexity index is 1630. The molecule has 10 nitrogen and oxygen atoms in total. The Morgan fingerprint density at radius 1 is 1.02 bits per heavy atom. The van der Waals surface area contributed by atoms with Crippen molar-refractivity contribution in [2.75, 3.05) is 19.4 Å². The van der Waals surface area contributed by atoms with Gasteiger partial charge in [-0.25, -0.2) is 17.9 Å². The molecule has 44 heavy (non-hydrogen) atoms. The number of amides is 1. The van der Waals surface area contributed by atoms with Crippen LogP contribution in [0.3, 0.4) is 0 Å². The average molecular weight is 654 g/mol. The minimum atomic E-state index is -3.83. The van der Waals surface area contributed by atoms with Gasteiger partial charge in [0.1, 0.15) is 23.7 Å². The molecule has 2 aliphatic heterocycles. The third-order valence-electron chi connectivity index (χ3n) is 7.09. The Morgan fingerprint density at radius 3 is 2.18 bits per heavy atom. The lowest BCUT2D eigenvalue weighted by atomic mass is 10.0. The molecule has 1 N–H and O–H groups in total. The van der Waals surface area contributed by atoms with Crippen LogP contribution in [0.2, 0.25) is 0 Å². The highest BCUT2D eigenvalue weighted by Crippen LogP contribution is 2.42. The predicted molar refractivity (Wildman–Crippen MR) is 168 cm³/mol. The number of β-lactam (4-membered cyclic amide) rings is 1. The SMILES string of the molecule is CC(=O)OCC1=C(C(=O)OC(c2ccccc2)c2ccccc2)N2C(=O)[C@@H](NSN(C)S(=O)(=O)c3ccc(C)cc3)[C@H]2SC1. The van der Waals surface area contributed by atoms with Crippen molar-refractivity contribution in [2.24, 2.45) is 0 Å². The highest BCUT2D eigenvalue weighted by atomic mass is 32.3. The van der Waals surface area contributed by atoms with E-state index in [1.54, 1.807) is 12.1 Å². The monoisotopic (exact) mass is 653 g/mol. The normalized spacial score (nSPS) is 18.2. The summed E-state index contributed by atoms with van der Waals surface area (Å²) in [5, 5.41) is -0.513. The van der Waals surface area contributed by atoms with Gasteiger partial charge in [-0.05, 0) is 30.2 Å². The summed E-state index contributed by atoms with van der Waals surface area (Å²) >= 11 is 2.17. The highest BCUT2D eigenvalue weighted by Gasteiger charge is 2.54. The van der Waals surface area contributed by atoms with Gasteiger partial charge in [-0.15, -0.1) is 15.5 Å². The minimum absolute atomic E-state index is 0.0283. The highest BCUT2D eigenvalue weighted by molar-refractivity contribution is 8.07. The van der Waals surface area contributed by atoms with Crippen molar-refractivity contribution in [2.45, 2.75) is 36.3 Å². The average Bonchev–Trinajstić information content (AvgIpc) is 3.03. The van der Waals surface area contributed by atoms with Gasteiger partial charge in [0.25, 0.3) is 10.0 Å². The number of nitrogens with one attached hydrogen (secondary N) is 1. The quantitative estimate of drug-likeness (QED) is 0.183. The first kappa shape index (κ1) is 31.8. The van der Waals surface area contributed by atoms with E-state index in [-0.39, 0.29) is 17.2 Å². The number of hydrogen-bond acceptors (Lipinski definition) is 10. The fourth-order valence-corrected chi connectivity index (χ4v) is 8.19. The molecule has 2 heterocycles. The number of carbonyl (C=O) groups excluding carboxylic acids is 3. The summed E-state index contributed by atoms with van der Waals surface area (Å²) < 4.78 is 41.4. The number of sulfonamides is 1. The van der Waals surface area contributed by atoms with E-state index in [0.29, 0.717) is 11.3 Å². The maximum Gasteiger partial charge on any atom is 0.356 e. The molecule has 0 unspecified atom stereocenters. The van der Waals surface area contributed by atoms with Crippen molar-refractivity contribution >= 4 is 51.8 Å². The number of carbonyl (C=O) groups is 3. The molecule has 5 rings (SSSR count). The summed E-state index contributed by atoms with van der Waals surface area (Å²) in [7, 11) is -2.43. The maximum atomic E-state index is 13.9. The molecule has 13 heteroatoms. The van der Waals surface area contributed by atoms with E-state index in [9.17, 15) is 22.8 Å². The van der Waals surface area contributed by atoms with Crippen molar-refractivity contribution in [3.05, 3.63) is 113 Å². The Balaban J connectivity index is 1.36. The number of hydrogen-bond donors (Lipinski definition) is 1. The van der Waals surface area contributed by atoms with E-state index in [4.69, 9.17) is 9.47 Å². The zero-order valence-electron chi connectivity index (χ0n) is 24.2. The molecular formula is C31H31N3O7S3. The first-order valence-electron chi connectivity index (χ1n) is 13.7. The molecule has 0 bridgehead atoms. The third-order valence-corrected chi connectivity index (χ3v) is 11.4. The number of benzene rings is 3. The number of thioether (sulfide) groups is 1. The third kappa shape index (κ3) is 6.71. The van der Waals surface area contributed by atoms with Gasteiger partial charge < -0.3 is 9.47 Å². The van der Waals surface area contributed by atoms with Crippen LogP contribution in [0.4, 0.5) is 0 Å². The Kier molecular flexibility index (Phi) is 9.81. The van der Waals surface area contributed by atoms with Crippen LogP contribution < -0.4 is 4.72 Å². The molecule has 0 saturated carbocycles. The molecule has 1 fully saturated rings. The smallest absolute Gasteiger partial charge is 0.356 e. The van der Waals surface area contributed by atoms with Crippen LogP contribution in [0.1, 0.15) is 29.7 Å². The lowest BCUT2D eigenvalue weighted by Crippen LogP contribution is -2.69. The zero-order chi connectivity index (χ0) is 31.4. The number of esters is 2. The topological polar surface area (TPSA) is 122 Å². The summed E-state index contributed by atoms with van der Waals surface area (Å²) in [6.45, 7) is 2.96. The molecule has 2 atom stereocenters. The van der Waals surface area contributed by atoms with Crippen molar-refractivity contribution < 1.29 is 32.3 Å². The van der Waals surface area contributed by atoms with Crippen LogP contribution in [0.25, 0.3) is 0 Å². The standard InChI is InChI=1S/C31H31N3O7S3/c1-20-14-16-25(17-15-20)44(38,39)33(3)43-32-26-29(36)34-27(24(18-40-21(2)35)19-42-30(26)34)31(37)41-28(22-10-6-4-7-11-22)23-12-8-5-9-13-23/h4-17,26,28,30,32H,18-19H2,1-3H3/t26-,30-/m1/s1. The van der Waals surface area contributed by atoms with E-state index in [0.717, 1.165) is 32.5 Å². The fourth-order valence-electron chi connectivity index (χ4n) is 4.73. The lowest BCUT2D eigenvalue weighted by molar-refractivity contribution is -0.153. The minimum Gasteiger partial charge on any atom is -0.461 e. The number of aryl methyl sites for hydroxylation is 1. The van der Waals surface area contributed by atoms with Gasteiger partial charge >= 0.3 is 11.9 Å². The molecular weight excluding hydrogens is 623 g/mol. The number of fused-ring (bicyclic) bond motifs is 1. The maximum absolute atomic E-state index is 13.9. The Morgan fingerprint density at radius 2 is 1.61 bits per heavy atom. The van der Waals surface area contributed by atoms with Crippen LogP contribution in [0.5, 0.6) is 0 Å². The van der Waals surface area contributed by atoms with Crippen molar-refractivity contribution in [1.29, 1.82) is 0 Å². The number of nitrogens with zero attached hydrogens (tertiary/aromatic N) is 2. The Hall–Kier alpha value is -3.62. The van der Waals surface area contributed by atoms with Crippen molar-refractivity contribution in [1.82, 2.24) is 13.3 Å². The van der Waals surface area contributed by atoms with E-state index in [2.05, 4.69) is 4.72 Å². The fraction of sp³-hybridized carbons (Fsp3) is 0.258. The van der Waals surface area contributed by atoms with E-state index >= 15 is 0 Å². The van der Waals surface area contributed by atoms with Crippen molar-refractivity contribution in [3.8, 4) is 0 Å². The van der Waals surface area contributed by atoms with Gasteiger partial charge in [0.05, 0.1) is 4.90 Å². The second-order valence-electron chi connectivity index (χ2n) is 10.2. The largest absolute Gasteiger partial charge is 0.461 e. The molecule has 3 aromatic rings. The summed E-state index contributed by atoms with van der Waals surface area (Å²) in [4.78, 5) is 40.5. The van der Waals surface area contributed by atoms with Crippen LogP contribution in [0, 0.1) is 6.92 Å². The molecule has 2 aliphatic rings. The molecule has 3 aromatic carbocycles. The second kappa shape index (κ2) is 13.6. The molecule has 230 valence electrons. The van der Waals surface area contributed by atoms with Gasteiger partial charge in [-0.2, -0.15) is 0 Å². The predicted octanol–water partition coefficient (Wildman–Crippen LogP) is 4.20. The van der Waals surface area contributed by atoms with E-state index < -0.39 is 45.4 Å². The molecule has 1 saturated heterocycles. The number of ether oxygens (including phenoxy) is 2. The van der Waals surface area contributed by atoms with Crippen LogP contribution in [-0.4, -0.2) is 65.7 Å². The molecule has 0 spiro atoms. The van der Waals surface area contributed by atoms with Gasteiger partial charge in [0.15, 0.2) is 6.10 Å². The van der Waals surface area contributed by atoms with Gasteiger partial charge in [0.2, 0.25) is 5.91 Å². The van der Waals surface area contributed by atoms with E-state index in [1.807, 2.05) is 67.6 Å². The summed E-state index contributed by atoms with van der Waals surface area (Å²) in [5.41, 5.74) is 2.91. The van der Waals surface area contributed by atoms with E-state index in [1.165, 1.54) is 42.8 Å². The molecule has 1 amide bonds.